The van der Waals surface area contributed by atoms with Gasteiger partial charge in [0, 0.05) is 0 Å². The van der Waals surface area contributed by atoms with Crippen molar-refractivity contribution in [3.05, 3.63) is 21.9 Å². The lowest BCUT2D eigenvalue weighted by atomic mass is 10.2. The van der Waals surface area contributed by atoms with Gasteiger partial charge in [0.2, 0.25) is 0 Å². The predicted molar refractivity (Wildman–Crippen MR) is 73.8 cm³/mol. The molecule has 0 nitrogen and oxygen atoms in total. The predicted octanol–water partition coefficient (Wildman–Crippen LogP) is 5.30. The van der Waals surface area contributed by atoms with Gasteiger partial charge in [-0.15, -0.1) is 34.0 Å². The van der Waals surface area contributed by atoms with Crippen molar-refractivity contribution in [2.24, 2.45) is 0 Å². The van der Waals surface area contributed by atoms with E-state index in [1.807, 2.05) is 34.0 Å². The molecule has 0 aliphatic carbocycles. The number of fused-ring (bicyclic) bond motifs is 3. The van der Waals surface area contributed by atoms with E-state index in [9.17, 15) is 0 Å². The minimum absolute atomic E-state index is 1.16. The first-order valence-electron chi connectivity index (χ1n) is 5.24. The van der Waals surface area contributed by atoms with Gasteiger partial charge in [0.25, 0.3) is 0 Å². The smallest absolute Gasteiger partial charge is 0.0632 e. The molecule has 3 heterocycles. The fourth-order valence-corrected chi connectivity index (χ4v) is 6.24. The van der Waals surface area contributed by atoms with Gasteiger partial charge in [0.15, 0.2) is 0 Å². The molecule has 78 valence electrons. The van der Waals surface area contributed by atoms with Crippen LogP contribution in [-0.4, -0.2) is 0 Å². The van der Waals surface area contributed by atoms with Crippen LogP contribution in [0.5, 0.6) is 0 Å². The Morgan fingerprint density at radius 1 is 0.800 bits per heavy atom. The molecule has 0 aliphatic rings. The van der Waals surface area contributed by atoms with E-state index in [0.717, 1.165) is 12.8 Å². The summed E-state index contributed by atoms with van der Waals surface area (Å²) in [4.78, 5) is 0. The Bertz CT molecular complexity index is 556. The second kappa shape index (κ2) is 3.58. The zero-order valence-electron chi connectivity index (χ0n) is 8.79. The largest absolute Gasteiger partial charge is 0.141 e. The molecule has 0 saturated carbocycles. The highest BCUT2D eigenvalue weighted by atomic mass is 32.1. The van der Waals surface area contributed by atoms with Gasteiger partial charge < -0.3 is 0 Å². The highest BCUT2D eigenvalue weighted by Gasteiger charge is 2.13. The van der Waals surface area contributed by atoms with Gasteiger partial charge in [-0.05, 0) is 34.7 Å². The van der Waals surface area contributed by atoms with E-state index in [4.69, 9.17) is 0 Å². The second-order valence-corrected chi connectivity index (χ2v) is 6.43. The van der Waals surface area contributed by atoms with Crippen LogP contribution in [0.15, 0.2) is 10.8 Å². The van der Waals surface area contributed by atoms with Crippen LogP contribution in [0.4, 0.5) is 0 Å². The van der Waals surface area contributed by atoms with E-state index in [1.54, 1.807) is 9.40 Å². The standard InChI is InChI=1S/C12H12S3/c1-3-7-5-13-11-9(7)15-10-8(4-2)6-14-12(10)11/h5-6H,3-4H2,1-2H3. The van der Waals surface area contributed by atoms with Gasteiger partial charge in [-0.2, -0.15) is 0 Å². The van der Waals surface area contributed by atoms with Crippen molar-refractivity contribution in [1.29, 1.82) is 0 Å². The summed E-state index contributed by atoms with van der Waals surface area (Å²) < 4.78 is 6.13. The molecule has 3 aromatic rings. The molecule has 0 bridgehead atoms. The van der Waals surface area contributed by atoms with Crippen LogP contribution in [0.1, 0.15) is 25.0 Å². The monoisotopic (exact) mass is 252 g/mol. The third-order valence-electron chi connectivity index (χ3n) is 2.81. The van der Waals surface area contributed by atoms with E-state index in [2.05, 4.69) is 24.6 Å². The summed E-state index contributed by atoms with van der Waals surface area (Å²) >= 11 is 5.84. The number of thiophene rings is 3. The Kier molecular flexibility index (Phi) is 2.34. The topological polar surface area (TPSA) is 0 Å². The first-order chi connectivity index (χ1) is 7.35. The van der Waals surface area contributed by atoms with E-state index < -0.39 is 0 Å². The molecule has 3 aromatic heterocycles. The molecule has 3 rings (SSSR count). The van der Waals surface area contributed by atoms with Gasteiger partial charge in [-0.3, -0.25) is 0 Å². The van der Waals surface area contributed by atoms with Crippen molar-refractivity contribution < 1.29 is 0 Å². The van der Waals surface area contributed by atoms with Crippen LogP contribution in [0, 0.1) is 0 Å². The van der Waals surface area contributed by atoms with Crippen molar-refractivity contribution in [1.82, 2.24) is 0 Å². The third kappa shape index (κ3) is 1.30. The van der Waals surface area contributed by atoms with E-state index >= 15 is 0 Å². The van der Waals surface area contributed by atoms with Crippen LogP contribution in [0.2, 0.25) is 0 Å². The van der Waals surface area contributed by atoms with Crippen LogP contribution in [-0.2, 0) is 12.8 Å². The first kappa shape index (κ1) is 9.82. The number of aryl methyl sites for hydroxylation is 2. The maximum atomic E-state index is 2.33. The van der Waals surface area contributed by atoms with E-state index in [-0.39, 0.29) is 0 Å². The van der Waals surface area contributed by atoms with Crippen molar-refractivity contribution in [3.63, 3.8) is 0 Å². The van der Waals surface area contributed by atoms with E-state index in [0.29, 0.717) is 0 Å². The fraction of sp³-hybridized carbons (Fsp3) is 0.333. The zero-order valence-corrected chi connectivity index (χ0v) is 11.2. The molecule has 0 spiro atoms. The summed E-state index contributed by atoms with van der Waals surface area (Å²) in [5.74, 6) is 0. The Morgan fingerprint density at radius 2 is 1.27 bits per heavy atom. The summed E-state index contributed by atoms with van der Waals surface area (Å²) in [6.45, 7) is 4.49. The van der Waals surface area contributed by atoms with Crippen LogP contribution >= 0.6 is 34.0 Å². The van der Waals surface area contributed by atoms with Gasteiger partial charge in [0.1, 0.15) is 0 Å². The molecule has 0 radical (unpaired) electrons. The van der Waals surface area contributed by atoms with Gasteiger partial charge in [-0.25, -0.2) is 0 Å². The minimum atomic E-state index is 1.16. The number of hydrogen-bond donors (Lipinski definition) is 0. The van der Waals surface area contributed by atoms with Crippen molar-refractivity contribution in [2.75, 3.05) is 0 Å². The Hall–Kier alpha value is -0.380. The zero-order chi connectivity index (χ0) is 10.4. The minimum Gasteiger partial charge on any atom is -0.141 e. The molecule has 0 fully saturated rings. The number of hydrogen-bond acceptors (Lipinski definition) is 3. The molecular formula is C12H12S3. The first-order valence-corrected chi connectivity index (χ1v) is 7.81. The highest BCUT2D eigenvalue weighted by Crippen LogP contribution is 2.44. The molecule has 0 atom stereocenters. The molecule has 0 unspecified atom stereocenters. The van der Waals surface area contributed by atoms with Crippen molar-refractivity contribution in [3.8, 4) is 0 Å². The molecular weight excluding hydrogens is 240 g/mol. The lowest BCUT2D eigenvalue weighted by Gasteiger charge is -1.88. The van der Waals surface area contributed by atoms with Crippen molar-refractivity contribution in [2.45, 2.75) is 26.7 Å². The Balaban J connectivity index is 2.41. The average Bonchev–Trinajstić information content (AvgIpc) is 2.86. The highest BCUT2D eigenvalue weighted by molar-refractivity contribution is 7.38. The quantitative estimate of drug-likeness (QED) is 0.580. The summed E-state index contributed by atoms with van der Waals surface area (Å²) in [6.07, 6.45) is 2.32. The summed E-state index contributed by atoms with van der Waals surface area (Å²) in [6, 6.07) is 0. The van der Waals surface area contributed by atoms with E-state index in [1.165, 1.54) is 20.5 Å². The molecule has 15 heavy (non-hydrogen) atoms. The SMILES string of the molecule is CCc1csc2c1sc1c(CC)csc12. The van der Waals surface area contributed by atoms with Gasteiger partial charge in [-0.1, -0.05) is 13.8 Å². The van der Waals surface area contributed by atoms with Gasteiger partial charge >= 0.3 is 0 Å². The summed E-state index contributed by atoms with van der Waals surface area (Å²) in [7, 11) is 0. The Labute approximate surface area is 101 Å². The summed E-state index contributed by atoms with van der Waals surface area (Å²) in [5, 5.41) is 4.65. The fourth-order valence-electron chi connectivity index (χ4n) is 1.89. The van der Waals surface area contributed by atoms with Crippen LogP contribution in [0.25, 0.3) is 18.8 Å². The molecule has 0 saturated heterocycles. The molecule has 0 N–H and O–H groups in total. The maximum absolute atomic E-state index is 2.33. The lowest BCUT2D eigenvalue weighted by Crippen LogP contribution is -1.70. The van der Waals surface area contributed by atoms with Gasteiger partial charge in [0.05, 0.1) is 18.8 Å². The molecule has 0 amide bonds. The second-order valence-electron chi connectivity index (χ2n) is 3.65. The number of rotatable bonds is 2. The average molecular weight is 252 g/mol. The van der Waals surface area contributed by atoms with Crippen LogP contribution in [0.3, 0.4) is 0 Å². The molecule has 3 heteroatoms. The molecule has 0 aromatic carbocycles. The third-order valence-corrected chi connectivity index (χ3v) is 6.63. The summed E-state index contributed by atoms with van der Waals surface area (Å²) in [5.41, 5.74) is 3.07. The lowest BCUT2D eigenvalue weighted by molar-refractivity contribution is 1.17. The van der Waals surface area contributed by atoms with Crippen molar-refractivity contribution >= 4 is 52.8 Å². The molecule has 0 aliphatic heterocycles. The maximum Gasteiger partial charge on any atom is 0.0632 e. The Morgan fingerprint density at radius 3 is 1.67 bits per heavy atom. The van der Waals surface area contributed by atoms with Crippen LogP contribution < -0.4 is 0 Å². The normalized spacial score (nSPS) is 11.9.